The maximum Gasteiger partial charge on any atom is 0.414 e. The average molecular weight is 320 g/mol. The standard InChI is InChI=1S/C15H10ClNO3S/c16-11-6-7-12(14-17-21-15(18)20-14)13(8-11)19-9-10-4-2-1-3-5-10/h1-8H,9H2. The molecule has 1 heterocycles. The molecule has 0 N–H and O–H groups in total. The van der Waals surface area contributed by atoms with Crippen LogP contribution in [0.5, 0.6) is 5.75 Å². The number of hydrogen-bond acceptors (Lipinski definition) is 5. The van der Waals surface area contributed by atoms with Crippen molar-refractivity contribution in [3.63, 3.8) is 0 Å². The maximum absolute atomic E-state index is 11.1. The fourth-order valence-electron chi connectivity index (χ4n) is 1.83. The van der Waals surface area contributed by atoms with Crippen LogP contribution in [-0.2, 0) is 6.61 Å². The molecular formula is C15H10ClNO3S. The smallest absolute Gasteiger partial charge is 0.414 e. The molecule has 0 saturated heterocycles. The van der Waals surface area contributed by atoms with Crippen LogP contribution in [0.15, 0.2) is 57.7 Å². The molecule has 106 valence electrons. The first-order chi connectivity index (χ1) is 10.2. The summed E-state index contributed by atoms with van der Waals surface area (Å²) >= 11 is 6.77. The number of aromatic nitrogens is 1. The molecule has 0 aliphatic carbocycles. The van der Waals surface area contributed by atoms with Crippen molar-refractivity contribution in [1.82, 2.24) is 4.37 Å². The number of rotatable bonds is 4. The van der Waals surface area contributed by atoms with Gasteiger partial charge in [-0.3, -0.25) is 0 Å². The molecule has 3 aromatic rings. The molecule has 4 nitrogen and oxygen atoms in total. The van der Waals surface area contributed by atoms with Gasteiger partial charge in [-0.05, 0) is 23.8 Å². The Morgan fingerprint density at radius 3 is 2.71 bits per heavy atom. The van der Waals surface area contributed by atoms with Crippen molar-refractivity contribution >= 4 is 23.1 Å². The molecule has 6 heteroatoms. The molecule has 0 fully saturated rings. The van der Waals surface area contributed by atoms with Crippen LogP contribution in [0, 0.1) is 0 Å². The Hall–Kier alpha value is -2.11. The summed E-state index contributed by atoms with van der Waals surface area (Å²) in [5.41, 5.74) is 1.64. The lowest BCUT2D eigenvalue weighted by atomic mass is 10.2. The summed E-state index contributed by atoms with van der Waals surface area (Å²) < 4.78 is 14.8. The minimum Gasteiger partial charge on any atom is -0.488 e. The second-order valence-electron chi connectivity index (χ2n) is 4.25. The third-order valence-electron chi connectivity index (χ3n) is 2.79. The van der Waals surface area contributed by atoms with E-state index in [9.17, 15) is 4.79 Å². The van der Waals surface area contributed by atoms with E-state index in [0.29, 0.717) is 22.9 Å². The number of ether oxygens (including phenoxy) is 1. The summed E-state index contributed by atoms with van der Waals surface area (Å²) in [5, 5.41) is 0.541. The van der Waals surface area contributed by atoms with Crippen LogP contribution in [0.2, 0.25) is 5.02 Å². The van der Waals surface area contributed by atoms with Gasteiger partial charge in [0.25, 0.3) is 0 Å². The Morgan fingerprint density at radius 1 is 1.19 bits per heavy atom. The minimum absolute atomic E-state index is 0.240. The number of hydrogen-bond donors (Lipinski definition) is 0. The first-order valence-corrected chi connectivity index (χ1v) is 7.31. The average Bonchev–Trinajstić information content (AvgIpc) is 2.93. The fourth-order valence-corrected chi connectivity index (χ4v) is 2.40. The van der Waals surface area contributed by atoms with Crippen LogP contribution in [0.1, 0.15) is 5.56 Å². The first kappa shape index (κ1) is 13.9. The molecule has 1 aromatic heterocycles. The Bertz CT molecular complexity index is 798. The molecule has 0 atom stereocenters. The van der Waals surface area contributed by atoms with E-state index >= 15 is 0 Å². The van der Waals surface area contributed by atoms with Crippen molar-refractivity contribution in [2.45, 2.75) is 6.61 Å². The van der Waals surface area contributed by atoms with Gasteiger partial charge in [-0.2, -0.15) is 0 Å². The highest BCUT2D eigenvalue weighted by atomic mass is 35.5. The van der Waals surface area contributed by atoms with Crippen LogP contribution >= 0.6 is 23.1 Å². The van der Waals surface area contributed by atoms with Crippen LogP contribution in [0.25, 0.3) is 11.5 Å². The van der Waals surface area contributed by atoms with Gasteiger partial charge in [-0.25, -0.2) is 4.79 Å². The molecule has 0 unspecified atom stereocenters. The number of nitrogens with zero attached hydrogens (tertiary/aromatic N) is 1. The van der Waals surface area contributed by atoms with Crippen molar-refractivity contribution in [3.8, 4) is 17.2 Å². The SMILES string of the molecule is O=c1oc(-c2ccc(Cl)cc2OCc2ccccc2)ns1. The third kappa shape index (κ3) is 3.32. The number of halogens is 1. The van der Waals surface area contributed by atoms with E-state index in [4.69, 9.17) is 20.8 Å². The largest absolute Gasteiger partial charge is 0.488 e. The van der Waals surface area contributed by atoms with Gasteiger partial charge in [-0.1, -0.05) is 41.9 Å². The van der Waals surface area contributed by atoms with Crippen molar-refractivity contribution in [2.75, 3.05) is 0 Å². The molecule has 0 amide bonds. The molecule has 21 heavy (non-hydrogen) atoms. The molecule has 0 saturated carbocycles. The Balaban J connectivity index is 1.90. The van der Waals surface area contributed by atoms with Crippen molar-refractivity contribution in [2.24, 2.45) is 0 Å². The lowest BCUT2D eigenvalue weighted by Crippen LogP contribution is -1.97. The summed E-state index contributed by atoms with van der Waals surface area (Å²) in [6, 6.07) is 14.9. The predicted octanol–water partition coefficient (Wildman–Crippen LogP) is 4.00. The zero-order valence-corrected chi connectivity index (χ0v) is 12.4. The molecule has 0 bridgehead atoms. The summed E-state index contributed by atoms with van der Waals surface area (Å²) in [5.74, 6) is 0.769. The molecule has 0 aliphatic heterocycles. The van der Waals surface area contributed by atoms with E-state index in [0.717, 1.165) is 17.1 Å². The topological polar surface area (TPSA) is 52.3 Å². The molecule has 0 aliphatic rings. The summed E-state index contributed by atoms with van der Waals surface area (Å²) in [6.07, 6.45) is 0. The fraction of sp³-hybridized carbons (Fsp3) is 0.0667. The second-order valence-corrected chi connectivity index (χ2v) is 5.39. The summed E-state index contributed by atoms with van der Waals surface area (Å²) in [4.78, 5) is 10.7. The molecule has 3 rings (SSSR count). The maximum atomic E-state index is 11.1. The van der Waals surface area contributed by atoms with Crippen LogP contribution in [0.3, 0.4) is 0 Å². The monoisotopic (exact) mass is 319 g/mol. The van der Waals surface area contributed by atoms with E-state index in [2.05, 4.69) is 4.37 Å². The zero-order chi connectivity index (χ0) is 14.7. The Kier molecular flexibility index (Phi) is 4.03. The van der Waals surface area contributed by atoms with Gasteiger partial charge in [0, 0.05) is 5.02 Å². The number of benzene rings is 2. The summed E-state index contributed by atoms with van der Waals surface area (Å²) in [6.45, 7) is 0.391. The van der Waals surface area contributed by atoms with Crippen molar-refractivity contribution in [1.29, 1.82) is 0 Å². The van der Waals surface area contributed by atoms with Gasteiger partial charge in [0.1, 0.15) is 12.4 Å². The lowest BCUT2D eigenvalue weighted by molar-refractivity contribution is 0.306. The van der Waals surface area contributed by atoms with Crippen molar-refractivity contribution < 1.29 is 9.15 Å². The van der Waals surface area contributed by atoms with Gasteiger partial charge >= 0.3 is 4.94 Å². The molecule has 0 spiro atoms. The lowest BCUT2D eigenvalue weighted by Gasteiger charge is -2.10. The van der Waals surface area contributed by atoms with E-state index in [1.54, 1.807) is 18.2 Å². The van der Waals surface area contributed by atoms with Gasteiger partial charge in [-0.15, -0.1) is 4.37 Å². The molecule has 0 radical (unpaired) electrons. The van der Waals surface area contributed by atoms with Gasteiger partial charge in [0.15, 0.2) is 0 Å². The molecule has 2 aromatic carbocycles. The predicted molar refractivity (Wildman–Crippen MR) is 81.9 cm³/mol. The second kappa shape index (κ2) is 6.11. The first-order valence-electron chi connectivity index (χ1n) is 6.16. The quantitative estimate of drug-likeness (QED) is 0.729. The zero-order valence-electron chi connectivity index (χ0n) is 10.8. The highest BCUT2D eigenvalue weighted by Gasteiger charge is 2.13. The highest BCUT2D eigenvalue weighted by molar-refractivity contribution is 7.02. The van der Waals surface area contributed by atoms with E-state index in [-0.39, 0.29) is 5.89 Å². The van der Waals surface area contributed by atoms with E-state index in [1.165, 1.54) is 0 Å². The van der Waals surface area contributed by atoms with Gasteiger partial charge in [0.05, 0.1) is 17.1 Å². The minimum atomic E-state index is -0.450. The van der Waals surface area contributed by atoms with E-state index in [1.807, 2.05) is 30.3 Å². The van der Waals surface area contributed by atoms with Crippen LogP contribution < -0.4 is 9.68 Å². The van der Waals surface area contributed by atoms with Crippen LogP contribution in [0.4, 0.5) is 0 Å². The van der Waals surface area contributed by atoms with Crippen LogP contribution in [-0.4, -0.2) is 4.37 Å². The Morgan fingerprint density at radius 2 is 2.00 bits per heavy atom. The van der Waals surface area contributed by atoms with Crippen molar-refractivity contribution in [3.05, 3.63) is 68.9 Å². The summed E-state index contributed by atoms with van der Waals surface area (Å²) in [7, 11) is 0. The van der Waals surface area contributed by atoms with Gasteiger partial charge < -0.3 is 9.15 Å². The highest BCUT2D eigenvalue weighted by Crippen LogP contribution is 2.32. The van der Waals surface area contributed by atoms with E-state index < -0.39 is 4.94 Å². The molecular weight excluding hydrogens is 310 g/mol. The third-order valence-corrected chi connectivity index (χ3v) is 3.52. The Labute approximate surface area is 129 Å². The van der Waals surface area contributed by atoms with Gasteiger partial charge in [0.2, 0.25) is 5.89 Å². The normalized spacial score (nSPS) is 10.5.